The van der Waals surface area contributed by atoms with Gasteiger partial charge < -0.3 is 20.2 Å². The molecule has 0 unspecified atom stereocenters. The highest BCUT2D eigenvalue weighted by Gasteiger charge is 2.22. The van der Waals surface area contributed by atoms with Crippen molar-refractivity contribution < 1.29 is 13.9 Å². The fourth-order valence-corrected chi connectivity index (χ4v) is 2.32. The van der Waals surface area contributed by atoms with Gasteiger partial charge in [0.15, 0.2) is 0 Å². The number of hydrogen-bond donors (Lipinski definition) is 2. The van der Waals surface area contributed by atoms with Crippen molar-refractivity contribution in [3.05, 3.63) is 53.0 Å². The monoisotopic (exact) mass is 314 g/mol. The molecular weight excluding hydrogens is 292 g/mol. The Bertz CT molecular complexity index is 689. The summed E-state index contributed by atoms with van der Waals surface area (Å²) in [5.41, 5.74) is 8.09. The fourth-order valence-electron chi connectivity index (χ4n) is 2.32. The van der Waals surface area contributed by atoms with Crippen molar-refractivity contribution in [3.63, 3.8) is 0 Å². The number of nitrogens with one attached hydrogen (secondary N) is 1. The van der Waals surface area contributed by atoms with Crippen molar-refractivity contribution in [2.24, 2.45) is 11.7 Å². The number of aryl methyl sites for hydroxylation is 1. The number of rotatable bonds is 7. The number of ether oxygens (including phenoxy) is 1. The Kier molecular flexibility index (Phi) is 4.67. The number of nitrogens with two attached hydrogens (primary N) is 1. The van der Waals surface area contributed by atoms with Crippen LogP contribution in [0.25, 0.3) is 0 Å². The van der Waals surface area contributed by atoms with E-state index in [1.54, 1.807) is 6.07 Å². The molecule has 3 rings (SSSR count). The fraction of sp³-hybridized carbons (Fsp3) is 0.389. The normalized spacial score (nSPS) is 13.8. The molecule has 5 heteroatoms. The molecular formula is C18H22N2O3. The predicted octanol–water partition coefficient (Wildman–Crippen LogP) is 2.77. The van der Waals surface area contributed by atoms with Crippen LogP contribution in [-0.4, -0.2) is 12.5 Å². The van der Waals surface area contributed by atoms with E-state index in [9.17, 15) is 4.79 Å². The van der Waals surface area contributed by atoms with Crippen LogP contribution in [0.3, 0.4) is 0 Å². The minimum Gasteiger partial charge on any atom is -0.493 e. The van der Waals surface area contributed by atoms with Gasteiger partial charge in [-0.1, -0.05) is 12.1 Å². The van der Waals surface area contributed by atoms with Crippen molar-refractivity contribution in [1.29, 1.82) is 0 Å². The highest BCUT2D eigenvalue weighted by atomic mass is 16.5. The highest BCUT2D eigenvalue weighted by molar-refractivity contribution is 5.93. The number of benzene rings is 1. The molecule has 1 aromatic heterocycles. The first kappa shape index (κ1) is 15.6. The van der Waals surface area contributed by atoms with Crippen LogP contribution in [0.1, 0.15) is 40.1 Å². The largest absolute Gasteiger partial charge is 0.493 e. The van der Waals surface area contributed by atoms with Crippen molar-refractivity contribution in [2.45, 2.75) is 32.9 Å². The van der Waals surface area contributed by atoms with Gasteiger partial charge in [0.25, 0.3) is 5.91 Å². The predicted molar refractivity (Wildman–Crippen MR) is 87.2 cm³/mol. The van der Waals surface area contributed by atoms with Crippen LogP contribution in [0.2, 0.25) is 0 Å². The summed E-state index contributed by atoms with van der Waals surface area (Å²) in [4.78, 5) is 12.1. The SMILES string of the molecule is Cc1ccc(CNC(=O)c2coc(CN)c2)c(OCC2CC2)c1. The van der Waals surface area contributed by atoms with E-state index in [0.29, 0.717) is 23.8 Å². The van der Waals surface area contributed by atoms with Crippen LogP contribution in [0.4, 0.5) is 0 Å². The van der Waals surface area contributed by atoms with E-state index in [4.69, 9.17) is 14.9 Å². The van der Waals surface area contributed by atoms with Gasteiger partial charge in [-0.3, -0.25) is 4.79 Å². The first-order valence-electron chi connectivity index (χ1n) is 7.93. The molecule has 0 atom stereocenters. The van der Waals surface area contributed by atoms with Crippen LogP contribution in [0.15, 0.2) is 34.9 Å². The van der Waals surface area contributed by atoms with Gasteiger partial charge in [-0.15, -0.1) is 0 Å². The van der Waals surface area contributed by atoms with Crippen molar-refractivity contribution in [2.75, 3.05) is 6.61 Å². The molecule has 0 saturated heterocycles. The van der Waals surface area contributed by atoms with Crippen LogP contribution >= 0.6 is 0 Å². The average Bonchev–Trinajstić information content (AvgIpc) is 3.26. The van der Waals surface area contributed by atoms with Gasteiger partial charge in [0.05, 0.1) is 18.7 Å². The van der Waals surface area contributed by atoms with Gasteiger partial charge in [0.2, 0.25) is 0 Å². The Hall–Kier alpha value is -2.27. The van der Waals surface area contributed by atoms with Gasteiger partial charge in [-0.25, -0.2) is 0 Å². The Morgan fingerprint density at radius 3 is 2.91 bits per heavy atom. The molecule has 23 heavy (non-hydrogen) atoms. The summed E-state index contributed by atoms with van der Waals surface area (Å²) in [5.74, 6) is 1.96. The average molecular weight is 314 g/mol. The van der Waals surface area contributed by atoms with E-state index >= 15 is 0 Å². The molecule has 1 aliphatic carbocycles. The van der Waals surface area contributed by atoms with Crippen molar-refractivity contribution in [3.8, 4) is 5.75 Å². The summed E-state index contributed by atoms with van der Waals surface area (Å²) in [7, 11) is 0. The Morgan fingerprint density at radius 1 is 1.39 bits per heavy atom. The first-order chi connectivity index (χ1) is 11.2. The van der Waals surface area contributed by atoms with E-state index in [0.717, 1.165) is 23.5 Å². The molecule has 0 spiro atoms. The molecule has 0 aliphatic heterocycles. The van der Waals surface area contributed by atoms with Crippen LogP contribution in [-0.2, 0) is 13.1 Å². The molecule has 5 nitrogen and oxygen atoms in total. The van der Waals surface area contributed by atoms with E-state index in [-0.39, 0.29) is 12.5 Å². The number of carbonyl (C=O) groups is 1. The topological polar surface area (TPSA) is 77.5 Å². The third-order valence-corrected chi connectivity index (χ3v) is 3.95. The number of furan rings is 1. The van der Waals surface area contributed by atoms with E-state index in [2.05, 4.69) is 5.32 Å². The number of amides is 1. The molecule has 1 aromatic carbocycles. The summed E-state index contributed by atoms with van der Waals surface area (Å²) in [6, 6.07) is 7.71. The van der Waals surface area contributed by atoms with Gasteiger partial charge in [0.1, 0.15) is 17.8 Å². The smallest absolute Gasteiger partial charge is 0.254 e. The second-order valence-corrected chi connectivity index (χ2v) is 6.05. The molecule has 0 bridgehead atoms. The molecule has 1 saturated carbocycles. The molecule has 1 aliphatic rings. The van der Waals surface area contributed by atoms with Crippen LogP contribution in [0, 0.1) is 12.8 Å². The quantitative estimate of drug-likeness (QED) is 0.824. The summed E-state index contributed by atoms with van der Waals surface area (Å²) < 4.78 is 11.1. The van der Waals surface area contributed by atoms with Gasteiger partial charge >= 0.3 is 0 Å². The third kappa shape index (κ3) is 4.13. The van der Waals surface area contributed by atoms with E-state index in [1.807, 2.05) is 25.1 Å². The van der Waals surface area contributed by atoms with Crippen molar-refractivity contribution in [1.82, 2.24) is 5.32 Å². The molecule has 122 valence electrons. The first-order valence-corrected chi connectivity index (χ1v) is 7.93. The lowest BCUT2D eigenvalue weighted by Gasteiger charge is -2.13. The zero-order valence-electron chi connectivity index (χ0n) is 13.3. The lowest BCUT2D eigenvalue weighted by Crippen LogP contribution is -2.22. The van der Waals surface area contributed by atoms with Crippen LogP contribution in [0.5, 0.6) is 5.75 Å². The Balaban J connectivity index is 1.63. The van der Waals surface area contributed by atoms with Gasteiger partial charge in [-0.2, -0.15) is 0 Å². The zero-order valence-corrected chi connectivity index (χ0v) is 13.3. The molecule has 3 N–H and O–H groups in total. The molecule has 1 amide bonds. The number of hydrogen-bond acceptors (Lipinski definition) is 4. The second kappa shape index (κ2) is 6.87. The Morgan fingerprint density at radius 2 is 2.22 bits per heavy atom. The molecule has 1 fully saturated rings. The summed E-state index contributed by atoms with van der Waals surface area (Å²) in [5, 5.41) is 2.90. The lowest BCUT2D eigenvalue weighted by molar-refractivity contribution is 0.0950. The van der Waals surface area contributed by atoms with E-state index in [1.165, 1.54) is 19.1 Å². The summed E-state index contributed by atoms with van der Waals surface area (Å²) >= 11 is 0. The Labute approximate surface area is 135 Å². The third-order valence-electron chi connectivity index (χ3n) is 3.95. The molecule has 0 radical (unpaired) electrons. The standard InChI is InChI=1S/C18H22N2O3/c1-12-2-5-14(17(6-12)23-10-13-3-4-13)9-20-18(21)15-7-16(8-19)22-11-15/h2,5-7,11,13H,3-4,8-10,19H2,1H3,(H,20,21). The van der Waals surface area contributed by atoms with Crippen molar-refractivity contribution >= 4 is 5.91 Å². The van der Waals surface area contributed by atoms with Gasteiger partial charge in [-0.05, 0) is 43.4 Å². The lowest BCUT2D eigenvalue weighted by atomic mass is 10.1. The zero-order chi connectivity index (χ0) is 16.2. The molecule has 1 heterocycles. The minimum atomic E-state index is -0.179. The second-order valence-electron chi connectivity index (χ2n) is 6.05. The maximum absolute atomic E-state index is 12.1. The minimum absolute atomic E-state index is 0.179. The number of carbonyl (C=O) groups excluding carboxylic acids is 1. The maximum atomic E-state index is 12.1. The van der Waals surface area contributed by atoms with E-state index < -0.39 is 0 Å². The maximum Gasteiger partial charge on any atom is 0.254 e. The summed E-state index contributed by atoms with van der Waals surface area (Å²) in [6.45, 7) is 3.49. The van der Waals surface area contributed by atoms with Crippen LogP contribution < -0.4 is 15.8 Å². The highest BCUT2D eigenvalue weighted by Crippen LogP contribution is 2.30. The molecule has 2 aromatic rings. The van der Waals surface area contributed by atoms with Gasteiger partial charge in [0, 0.05) is 12.1 Å². The summed E-state index contributed by atoms with van der Waals surface area (Å²) in [6.07, 6.45) is 3.93.